The van der Waals surface area contributed by atoms with Gasteiger partial charge in [-0.05, 0) is 44.0 Å². The molecule has 5 heteroatoms. The zero-order valence-corrected chi connectivity index (χ0v) is 13.6. The molecule has 1 heterocycles. The zero-order valence-electron chi connectivity index (χ0n) is 13.6. The zero-order chi connectivity index (χ0) is 17.5. The van der Waals surface area contributed by atoms with Crippen molar-refractivity contribution in [2.45, 2.75) is 26.9 Å². The second kappa shape index (κ2) is 5.82. The van der Waals surface area contributed by atoms with E-state index in [1.807, 2.05) is 31.5 Å². The lowest BCUT2D eigenvalue weighted by Gasteiger charge is -2.15. The first-order valence-corrected chi connectivity index (χ1v) is 7.56. The van der Waals surface area contributed by atoms with Gasteiger partial charge in [-0.15, -0.1) is 0 Å². The molecule has 3 rings (SSSR count). The van der Waals surface area contributed by atoms with Crippen LogP contribution in [0.15, 0.2) is 48.8 Å². The van der Waals surface area contributed by atoms with Gasteiger partial charge in [0.2, 0.25) is 0 Å². The lowest BCUT2D eigenvalue weighted by atomic mass is 10.0. The summed E-state index contributed by atoms with van der Waals surface area (Å²) in [6.07, 6.45) is -0.846. The minimum Gasteiger partial charge on any atom is -0.299 e. The molecule has 2 nitrogen and oxygen atoms in total. The number of benzene rings is 2. The Balaban J connectivity index is 2.09. The number of hydrogen-bond donors (Lipinski definition) is 0. The number of alkyl halides is 3. The Labute approximate surface area is 138 Å². The maximum Gasteiger partial charge on any atom is 0.416 e. The Bertz CT molecular complexity index is 851. The number of halogens is 3. The summed E-state index contributed by atoms with van der Waals surface area (Å²) >= 11 is 0. The van der Waals surface area contributed by atoms with Crippen LogP contribution in [0.2, 0.25) is 0 Å². The van der Waals surface area contributed by atoms with Gasteiger partial charge in [-0.3, -0.25) is 4.57 Å². The van der Waals surface area contributed by atoms with E-state index in [2.05, 4.69) is 17.1 Å². The number of aryl methyl sites for hydroxylation is 3. The van der Waals surface area contributed by atoms with Crippen molar-refractivity contribution in [1.29, 1.82) is 0 Å². The van der Waals surface area contributed by atoms with Gasteiger partial charge in [0.1, 0.15) is 5.82 Å². The van der Waals surface area contributed by atoms with Gasteiger partial charge < -0.3 is 0 Å². The van der Waals surface area contributed by atoms with Crippen LogP contribution >= 0.6 is 0 Å². The molecule has 0 aliphatic rings. The van der Waals surface area contributed by atoms with Crippen molar-refractivity contribution in [3.63, 3.8) is 0 Å². The van der Waals surface area contributed by atoms with Crippen molar-refractivity contribution < 1.29 is 13.2 Å². The van der Waals surface area contributed by atoms with E-state index in [9.17, 15) is 13.2 Å². The molecule has 1 aromatic heterocycles. The molecule has 0 aliphatic heterocycles. The van der Waals surface area contributed by atoms with Crippen LogP contribution < -0.4 is 0 Å². The minimum atomic E-state index is -4.34. The Morgan fingerprint density at radius 3 is 2.04 bits per heavy atom. The molecule has 0 saturated heterocycles. The Hall–Kier alpha value is -2.56. The Morgan fingerprint density at radius 1 is 0.917 bits per heavy atom. The van der Waals surface area contributed by atoms with Gasteiger partial charge in [0, 0.05) is 18.0 Å². The summed E-state index contributed by atoms with van der Waals surface area (Å²) in [5.74, 6) is 0.624. The van der Waals surface area contributed by atoms with Crippen LogP contribution in [0, 0.1) is 20.8 Å². The summed E-state index contributed by atoms with van der Waals surface area (Å²) < 4.78 is 40.1. The van der Waals surface area contributed by atoms with Crippen molar-refractivity contribution >= 4 is 0 Å². The van der Waals surface area contributed by atoms with E-state index in [-0.39, 0.29) is 0 Å². The summed E-state index contributed by atoms with van der Waals surface area (Å²) in [6.45, 7) is 6.08. The molecule has 0 spiro atoms. The normalized spacial score (nSPS) is 11.8. The molecule has 0 N–H and O–H groups in total. The van der Waals surface area contributed by atoms with Gasteiger partial charge in [-0.25, -0.2) is 4.98 Å². The molecule has 0 aliphatic carbocycles. The molecule has 0 saturated carbocycles. The fourth-order valence-corrected chi connectivity index (χ4v) is 3.06. The molecule has 24 heavy (non-hydrogen) atoms. The number of hydrogen-bond acceptors (Lipinski definition) is 1. The monoisotopic (exact) mass is 330 g/mol. The summed E-state index contributed by atoms with van der Waals surface area (Å²) in [7, 11) is 0. The van der Waals surface area contributed by atoms with Crippen molar-refractivity contribution in [3.8, 4) is 17.1 Å². The molecular formula is C19H17F3N2. The number of imidazole rings is 1. The fourth-order valence-electron chi connectivity index (χ4n) is 3.06. The van der Waals surface area contributed by atoms with Crippen molar-refractivity contribution in [3.05, 3.63) is 71.0 Å². The van der Waals surface area contributed by atoms with Crippen molar-refractivity contribution in [1.82, 2.24) is 9.55 Å². The van der Waals surface area contributed by atoms with Crippen LogP contribution in [-0.4, -0.2) is 9.55 Å². The Morgan fingerprint density at radius 2 is 1.50 bits per heavy atom. The topological polar surface area (TPSA) is 17.8 Å². The largest absolute Gasteiger partial charge is 0.416 e. The van der Waals surface area contributed by atoms with Crippen molar-refractivity contribution in [2.75, 3.05) is 0 Å². The molecule has 0 radical (unpaired) electrons. The van der Waals surface area contributed by atoms with Crippen molar-refractivity contribution in [2.24, 2.45) is 0 Å². The minimum absolute atomic E-state index is 0.624. The molecular weight excluding hydrogens is 313 g/mol. The van der Waals surface area contributed by atoms with Gasteiger partial charge in [0.15, 0.2) is 0 Å². The smallest absolute Gasteiger partial charge is 0.299 e. The quantitative estimate of drug-likeness (QED) is 0.608. The van der Waals surface area contributed by atoms with Gasteiger partial charge in [0.25, 0.3) is 0 Å². The van der Waals surface area contributed by atoms with Crippen LogP contribution in [0.5, 0.6) is 0 Å². The van der Waals surface area contributed by atoms with Gasteiger partial charge in [0.05, 0.1) is 11.3 Å². The van der Waals surface area contributed by atoms with Crippen LogP contribution in [0.25, 0.3) is 17.1 Å². The average Bonchev–Trinajstić information content (AvgIpc) is 2.94. The highest BCUT2D eigenvalue weighted by molar-refractivity contribution is 5.62. The van der Waals surface area contributed by atoms with Crippen LogP contribution in [0.1, 0.15) is 22.3 Å². The third-order valence-electron chi connectivity index (χ3n) is 3.99. The second-order valence-electron chi connectivity index (χ2n) is 5.94. The maximum atomic E-state index is 12.7. The van der Waals surface area contributed by atoms with E-state index in [0.717, 1.165) is 28.9 Å². The third-order valence-corrected chi connectivity index (χ3v) is 3.99. The van der Waals surface area contributed by atoms with Gasteiger partial charge in [-0.1, -0.05) is 29.8 Å². The standard InChI is InChI=1S/C19H17F3N2/c1-12-10-13(2)17(14(3)11-12)24-9-8-23-18(24)15-4-6-16(7-5-15)19(20,21)22/h4-11H,1-3H3. The van der Waals surface area contributed by atoms with Crippen LogP contribution in [-0.2, 0) is 6.18 Å². The Kier molecular flexibility index (Phi) is 3.95. The van der Waals surface area contributed by atoms with Crippen LogP contribution in [0.3, 0.4) is 0 Å². The third kappa shape index (κ3) is 2.94. The fraction of sp³-hybridized carbons (Fsp3) is 0.211. The number of aromatic nitrogens is 2. The lowest BCUT2D eigenvalue weighted by Crippen LogP contribution is -2.05. The first-order chi connectivity index (χ1) is 11.3. The average molecular weight is 330 g/mol. The number of nitrogens with zero attached hydrogens (tertiary/aromatic N) is 2. The molecule has 2 aromatic carbocycles. The first kappa shape index (κ1) is 16.3. The van der Waals surface area contributed by atoms with E-state index in [1.165, 1.54) is 17.7 Å². The first-order valence-electron chi connectivity index (χ1n) is 7.56. The molecule has 124 valence electrons. The van der Waals surface area contributed by atoms with Gasteiger partial charge >= 0.3 is 6.18 Å². The summed E-state index contributed by atoms with van der Waals surface area (Å²) in [5.41, 5.74) is 4.36. The maximum absolute atomic E-state index is 12.7. The number of rotatable bonds is 2. The second-order valence-corrected chi connectivity index (χ2v) is 5.94. The highest BCUT2D eigenvalue weighted by Crippen LogP contribution is 2.32. The molecule has 0 unspecified atom stereocenters. The van der Waals surface area contributed by atoms with E-state index in [4.69, 9.17) is 0 Å². The van der Waals surface area contributed by atoms with Crippen LogP contribution in [0.4, 0.5) is 13.2 Å². The molecule has 0 atom stereocenters. The predicted molar refractivity (Wildman–Crippen MR) is 88.2 cm³/mol. The van der Waals surface area contributed by atoms with Gasteiger partial charge in [-0.2, -0.15) is 13.2 Å². The van der Waals surface area contributed by atoms with E-state index < -0.39 is 11.7 Å². The van der Waals surface area contributed by atoms with E-state index >= 15 is 0 Å². The van der Waals surface area contributed by atoms with E-state index in [0.29, 0.717) is 11.4 Å². The molecule has 0 bridgehead atoms. The molecule has 3 aromatic rings. The lowest BCUT2D eigenvalue weighted by molar-refractivity contribution is -0.137. The summed E-state index contributed by atoms with van der Waals surface area (Å²) in [4.78, 5) is 4.34. The summed E-state index contributed by atoms with van der Waals surface area (Å²) in [5, 5.41) is 0. The highest BCUT2D eigenvalue weighted by Gasteiger charge is 2.30. The molecule has 0 amide bonds. The highest BCUT2D eigenvalue weighted by atomic mass is 19.4. The predicted octanol–water partition coefficient (Wildman–Crippen LogP) is 5.48. The molecule has 0 fully saturated rings. The SMILES string of the molecule is Cc1cc(C)c(-n2ccnc2-c2ccc(C(F)(F)F)cc2)c(C)c1. The summed E-state index contributed by atoms with van der Waals surface area (Å²) in [6, 6.07) is 9.26. The van der Waals surface area contributed by atoms with E-state index in [1.54, 1.807) is 6.20 Å².